The zero-order valence-corrected chi connectivity index (χ0v) is 40.2. The van der Waals surface area contributed by atoms with Crippen molar-refractivity contribution in [3.63, 3.8) is 0 Å². The third-order valence-electron chi connectivity index (χ3n) is 13.4. The van der Waals surface area contributed by atoms with Crippen molar-refractivity contribution in [2.75, 3.05) is 0 Å². The molecular formula is C64H64. The van der Waals surface area contributed by atoms with Gasteiger partial charge in [0.15, 0.2) is 0 Å². The van der Waals surface area contributed by atoms with Crippen LogP contribution in [0.3, 0.4) is 0 Å². The first kappa shape index (κ1) is 43.0. The molecule has 0 saturated carbocycles. The van der Waals surface area contributed by atoms with Gasteiger partial charge in [-0.05, 0) is 181 Å². The van der Waals surface area contributed by atoms with Gasteiger partial charge in [-0.2, -0.15) is 0 Å². The third-order valence-corrected chi connectivity index (χ3v) is 13.4. The molecule has 0 unspecified atom stereocenters. The van der Waals surface area contributed by atoms with Gasteiger partial charge in [0.05, 0.1) is 0 Å². The van der Waals surface area contributed by atoms with E-state index in [-0.39, 0.29) is 21.7 Å². The van der Waals surface area contributed by atoms with Gasteiger partial charge in [0.25, 0.3) is 0 Å². The van der Waals surface area contributed by atoms with Gasteiger partial charge in [-0.3, -0.25) is 0 Å². The highest BCUT2D eigenvalue weighted by molar-refractivity contribution is 6.07. The minimum absolute atomic E-state index is 0.131. The van der Waals surface area contributed by atoms with Crippen molar-refractivity contribution in [3.05, 3.63) is 192 Å². The maximum Gasteiger partial charge on any atom is -0.00923 e. The molecule has 0 saturated heterocycles. The van der Waals surface area contributed by atoms with E-state index >= 15 is 0 Å². The van der Waals surface area contributed by atoms with Crippen LogP contribution in [0.25, 0.3) is 89.0 Å². The number of fused-ring (bicyclic) bond motifs is 8. The van der Waals surface area contributed by atoms with Crippen molar-refractivity contribution in [1.82, 2.24) is 0 Å². The Hall–Kier alpha value is -6.24. The maximum absolute atomic E-state index is 2.57. The molecule has 9 rings (SSSR count). The average Bonchev–Trinajstić information content (AvgIpc) is 3.27. The second-order valence-electron chi connectivity index (χ2n) is 22.2. The van der Waals surface area contributed by atoms with E-state index in [2.05, 4.69) is 253 Å². The van der Waals surface area contributed by atoms with E-state index in [1.807, 2.05) is 0 Å². The van der Waals surface area contributed by atoms with E-state index in [9.17, 15) is 0 Å². The lowest BCUT2D eigenvalue weighted by molar-refractivity contribution is 0.591. The van der Waals surface area contributed by atoms with Gasteiger partial charge >= 0.3 is 0 Å². The third kappa shape index (κ3) is 7.87. The van der Waals surface area contributed by atoms with E-state index in [0.29, 0.717) is 0 Å². The Labute approximate surface area is 384 Å². The Morgan fingerprint density at radius 3 is 0.500 bits per heavy atom. The topological polar surface area (TPSA) is 0 Å². The van der Waals surface area contributed by atoms with Gasteiger partial charge < -0.3 is 0 Å². The molecule has 0 atom stereocenters. The quantitative estimate of drug-likeness (QED) is 0.166. The minimum atomic E-state index is -0.131. The second kappa shape index (κ2) is 15.8. The van der Waals surface area contributed by atoms with Crippen LogP contribution in [0.2, 0.25) is 0 Å². The molecule has 0 heterocycles. The van der Waals surface area contributed by atoms with Gasteiger partial charge in [-0.25, -0.2) is 0 Å². The molecule has 320 valence electrons. The molecule has 0 nitrogen and oxygen atoms in total. The molecule has 1 aliphatic carbocycles. The zero-order valence-electron chi connectivity index (χ0n) is 40.2. The highest BCUT2D eigenvalue weighted by Crippen LogP contribution is 2.56. The molecule has 0 bridgehead atoms. The molecule has 1 aliphatic rings. The zero-order chi connectivity index (χ0) is 45.3. The molecular weight excluding hydrogens is 769 g/mol. The summed E-state index contributed by atoms with van der Waals surface area (Å²) in [6.07, 6.45) is 0. The molecule has 0 fully saturated rings. The lowest BCUT2D eigenvalue weighted by Gasteiger charge is -2.34. The largest absolute Gasteiger partial charge is 0.0622 e. The molecule has 64 heavy (non-hydrogen) atoms. The van der Waals surface area contributed by atoms with Crippen LogP contribution in [0.1, 0.15) is 105 Å². The Balaban J connectivity index is 1.56. The number of rotatable bonds is 4. The fourth-order valence-electron chi connectivity index (χ4n) is 10.1. The Kier molecular flexibility index (Phi) is 10.6. The van der Waals surface area contributed by atoms with E-state index in [0.717, 1.165) is 0 Å². The Bertz CT molecular complexity index is 2590. The van der Waals surface area contributed by atoms with Crippen LogP contribution in [-0.2, 0) is 21.7 Å². The summed E-state index contributed by atoms with van der Waals surface area (Å²) in [5.74, 6) is 0. The van der Waals surface area contributed by atoms with Crippen LogP contribution in [0.4, 0.5) is 0 Å². The van der Waals surface area contributed by atoms with Gasteiger partial charge in [0, 0.05) is 0 Å². The van der Waals surface area contributed by atoms with Crippen molar-refractivity contribution in [2.45, 2.75) is 105 Å². The van der Waals surface area contributed by atoms with Crippen molar-refractivity contribution >= 4 is 0 Å². The summed E-state index contributed by atoms with van der Waals surface area (Å²) in [5.41, 5.74) is 25.1. The number of benzene rings is 8. The Morgan fingerprint density at radius 2 is 0.344 bits per heavy atom. The standard InChI is InChI=1S/C64H64/c1-61(2,3)57-37-53-49(33-45(57)41-25-17-13-18-26-41)50-34-46(42-27-19-14-20-28-42)59(63(7,8)9)39-55(50)56-40-60(64(10,11)12)48(44-31-23-16-24-32-44)36-52(56)51-35-47(43-29-21-15-22-30-43)58(38-54(51)53)62(4,5)6/h13-40H,1-12H3. The van der Waals surface area contributed by atoms with E-state index in [1.54, 1.807) is 0 Å². The maximum atomic E-state index is 2.57. The van der Waals surface area contributed by atoms with E-state index in [1.165, 1.54) is 111 Å². The molecule has 0 aliphatic heterocycles. The Morgan fingerprint density at radius 1 is 0.188 bits per heavy atom. The van der Waals surface area contributed by atoms with E-state index < -0.39 is 0 Å². The fraction of sp³-hybridized carbons (Fsp3) is 0.250. The SMILES string of the molecule is CC(C)(C)c1cc2c(cc1-c1ccccc1)-c1cc(-c3ccccc3)c(C(C)(C)C)cc1-c1cc(C(C)(C)C)c(-c3ccccc3)cc1-c1cc(-c3ccccc3)c(C(C)(C)C)cc1-2. The van der Waals surface area contributed by atoms with Gasteiger partial charge in [0.1, 0.15) is 0 Å². The van der Waals surface area contributed by atoms with Crippen LogP contribution in [0, 0.1) is 0 Å². The molecule has 8 aromatic carbocycles. The first-order valence-electron chi connectivity index (χ1n) is 23.3. The van der Waals surface area contributed by atoms with Crippen LogP contribution in [-0.4, -0.2) is 0 Å². The van der Waals surface area contributed by atoms with Crippen molar-refractivity contribution < 1.29 is 0 Å². The van der Waals surface area contributed by atoms with Gasteiger partial charge in [-0.15, -0.1) is 0 Å². The molecule has 0 N–H and O–H groups in total. The predicted octanol–water partition coefficient (Wildman–Crippen LogP) is 18.5. The summed E-state index contributed by atoms with van der Waals surface area (Å²) in [4.78, 5) is 0. The van der Waals surface area contributed by atoms with Crippen LogP contribution in [0.15, 0.2) is 170 Å². The summed E-state index contributed by atoms with van der Waals surface area (Å²) in [5, 5.41) is 0. The molecule has 0 aromatic heterocycles. The summed E-state index contributed by atoms with van der Waals surface area (Å²) in [6, 6.07) is 64.7. The lowest BCUT2D eigenvalue weighted by Crippen LogP contribution is -2.17. The normalized spacial score (nSPS) is 12.7. The van der Waals surface area contributed by atoms with Gasteiger partial charge in [0.2, 0.25) is 0 Å². The average molecular weight is 833 g/mol. The summed E-state index contributed by atoms with van der Waals surface area (Å²) in [6.45, 7) is 28.5. The number of hydrogen-bond acceptors (Lipinski definition) is 0. The highest BCUT2D eigenvalue weighted by atomic mass is 14.4. The fourth-order valence-corrected chi connectivity index (χ4v) is 10.1. The second-order valence-corrected chi connectivity index (χ2v) is 22.2. The summed E-state index contributed by atoms with van der Waals surface area (Å²) >= 11 is 0. The minimum Gasteiger partial charge on any atom is -0.0622 e. The molecule has 0 spiro atoms. The molecule has 8 aromatic rings. The van der Waals surface area contributed by atoms with Crippen LogP contribution < -0.4 is 0 Å². The van der Waals surface area contributed by atoms with Gasteiger partial charge in [-0.1, -0.05) is 204 Å². The number of hydrogen-bond donors (Lipinski definition) is 0. The van der Waals surface area contributed by atoms with E-state index in [4.69, 9.17) is 0 Å². The molecule has 0 radical (unpaired) electrons. The van der Waals surface area contributed by atoms with Crippen molar-refractivity contribution in [1.29, 1.82) is 0 Å². The first-order chi connectivity index (χ1) is 30.3. The van der Waals surface area contributed by atoms with Crippen LogP contribution >= 0.6 is 0 Å². The monoisotopic (exact) mass is 833 g/mol. The summed E-state index contributed by atoms with van der Waals surface area (Å²) in [7, 11) is 0. The lowest BCUT2D eigenvalue weighted by atomic mass is 9.70. The first-order valence-corrected chi connectivity index (χ1v) is 23.3. The van der Waals surface area contributed by atoms with Crippen molar-refractivity contribution in [3.8, 4) is 89.0 Å². The van der Waals surface area contributed by atoms with Crippen molar-refractivity contribution in [2.24, 2.45) is 0 Å². The summed E-state index contributed by atoms with van der Waals surface area (Å²) < 4.78 is 0. The highest BCUT2D eigenvalue weighted by Gasteiger charge is 2.33. The predicted molar refractivity (Wildman–Crippen MR) is 278 cm³/mol. The molecule has 0 heteroatoms. The van der Waals surface area contributed by atoms with Crippen LogP contribution in [0.5, 0.6) is 0 Å². The smallest absolute Gasteiger partial charge is 0.00923 e. The molecule has 0 amide bonds.